The second-order valence-electron chi connectivity index (χ2n) is 14.5. The lowest BCUT2D eigenvalue weighted by Gasteiger charge is -2.32. The molecule has 0 amide bonds. The van der Waals surface area contributed by atoms with Crippen molar-refractivity contribution in [2.24, 2.45) is 0 Å². The highest BCUT2D eigenvalue weighted by atomic mass is 16.7. The molecular weight excluding hydrogens is 627 g/mol. The largest absolute Gasteiger partial charge is 0.494 e. The first kappa shape index (κ1) is 30.1. The maximum atomic E-state index is 6.48. The van der Waals surface area contributed by atoms with Gasteiger partial charge in [0.2, 0.25) is 5.95 Å². The quantitative estimate of drug-likeness (QED) is 0.176. The van der Waals surface area contributed by atoms with Gasteiger partial charge in [-0.2, -0.15) is 0 Å². The van der Waals surface area contributed by atoms with Crippen molar-refractivity contribution in [2.45, 2.75) is 38.9 Å². The van der Waals surface area contributed by atoms with Crippen molar-refractivity contribution in [1.82, 2.24) is 19.1 Å². The molecule has 246 valence electrons. The van der Waals surface area contributed by atoms with Crippen molar-refractivity contribution >= 4 is 67.1 Å². The summed E-state index contributed by atoms with van der Waals surface area (Å²) >= 11 is 0. The van der Waals surface area contributed by atoms with Gasteiger partial charge < -0.3 is 13.9 Å². The van der Waals surface area contributed by atoms with Crippen molar-refractivity contribution in [1.29, 1.82) is 0 Å². The Hall–Kier alpha value is -5.76. The van der Waals surface area contributed by atoms with E-state index in [9.17, 15) is 0 Å². The lowest BCUT2D eigenvalue weighted by Crippen LogP contribution is -2.41. The molecule has 0 saturated carbocycles. The van der Waals surface area contributed by atoms with Crippen LogP contribution in [0.4, 0.5) is 0 Å². The van der Waals surface area contributed by atoms with Gasteiger partial charge >= 0.3 is 7.12 Å². The molecule has 6 nitrogen and oxygen atoms in total. The average Bonchev–Trinajstić information content (AvgIpc) is 3.74. The van der Waals surface area contributed by atoms with Crippen LogP contribution >= 0.6 is 0 Å². The number of rotatable bonds is 4. The highest BCUT2D eigenvalue weighted by Gasteiger charge is 2.51. The molecule has 1 saturated heterocycles. The molecule has 9 aromatic rings. The van der Waals surface area contributed by atoms with Gasteiger partial charge in [-0.1, -0.05) is 91.0 Å². The van der Waals surface area contributed by atoms with Crippen LogP contribution in [0, 0.1) is 0 Å². The van der Waals surface area contributed by atoms with Crippen molar-refractivity contribution in [2.75, 3.05) is 0 Å². The maximum absolute atomic E-state index is 6.48. The standard InChI is InChI=1S/C44H35BN4O2/c1-43(2)44(3,4)51-45(50-43)29-23-24-33-31-16-9-13-21-38(31)49(40(33)27-29)42-46-36-19-11-8-18-34(36)41(47-42)28-22-25-39-35(26-28)32-17-10-12-20-37(32)48(39)30-14-6-5-7-15-30/h5-27H,1-4H3. The van der Waals surface area contributed by atoms with E-state index in [0.717, 1.165) is 60.6 Å². The molecule has 1 fully saturated rings. The lowest BCUT2D eigenvalue weighted by molar-refractivity contribution is 0.00578. The minimum atomic E-state index is -0.483. The van der Waals surface area contributed by atoms with Gasteiger partial charge in [0.25, 0.3) is 0 Å². The van der Waals surface area contributed by atoms with E-state index in [1.807, 2.05) is 6.07 Å². The molecule has 51 heavy (non-hydrogen) atoms. The molecule has 10 rings (SSSR count). The Morgan fingerprint density at radius 2 is 1.08 bits per heavy atom. The predicted octanol–water partition coefficient (Wildman–Crippen LogP) is 9.79. The third kappa shape index (κ3) is 4.51. The van der Waals surface area contributed by atoms with Crippen LogP contribution in [0.3, 0.4) is 0 Å². The Balaban J connectivity index is 1.20. The number of para-hydroxylation sites is 4. The Morgan fingerprint density at radius 3 is 1.82 bits per heavy atom. The van der Waals surface area contributed by atoms with E-state index in [4.69, 9.17) is 19.3 Å². The van der Waals surface area contributed by atoms with Crippen LogP contribution in [0.1, 0.15) is 27.7 Å². The zero-order valence-corrected chi connectivity index (χ0v) is 29.0. The van der Waals surface area contributed by atoms with Gasteiger partial charge in [-0.05, 0) is 81.7 Å². The van der Waals surface area contributed by atoms with Crippen LogP contribution in [0.2, 0.25) is 0 Å². The number of hydrogen-bond donors (Lipinski definition) is 0. The van der Waals surface area contributed by atoms with Gasteiger partial charge in [-0.3, -0.25) is 4.57 Å². The summed E-state index contributed by atoms with van der Waals surface area (Å²) in [5.74, 6) is 0.618. The lowest BCUT2D eigenvalue weighted by atomic mass is 9.79. The molecule has 1 aliphatic heterocycles. The topological polar surface area (TPSA) is 54.1 Å². The molecule has 1 aliphatic rings. The van der Waals surface area contributed by atoms with Crippen molar-refractivity contribution < 1.29 is 9.31 Å². The molecule has 0 unspecified atom stereocenters. The molecule has 0 atom stereocenters. The summed E-state index contributed by atoms with van der Waals surface area (Å²) in [6, 6.07) is 49.1. The number of fused-ring (bicyclic) bond motifs is 7. The van der Waals surface area contributed by atoms with E-state index < -0.39 is 18.3 Å². The highest BCUT2D eigenvalue weighted by Crippen LogP contribution is 2.39. The molecule has 0 N–H and O–H groups in total. The Labute approximate surface area is 296 Å². The first-order chi connectivity index (χ1) is 24.8. The highest BCUT2D eigenvalue weighted by molar-refractivity contribution is 6.62. The number of hydrogen-bond acceptors (Lipinski definition) is 4. The molecule has 3 aromatic heterocycles. The van der Waals surface area contributed by atoms with Gasteiger partial charge in [-0.15, -0.1) is 0 Å². The van der Waals surface area contributed by atoms with Gasteiger partial charge in [0.05, 0.1) is 44.5 Å². The normalized spacial score (nSPS) is 15.6. The van der Waals surface area contributed by atoms with Crippen LogP contribution in [-0.2, 0) is 9.31 Å². The molecule has 4 heterocycles. The zero-order valence-electron chi connectivity index (χ0n) is 29.0. The van der Waals surface area contributed by atoms with Crippen LogP contribution < -0.4 is 5.46 Å². The van der Waals surface area contributed by atoms with Gasteiger partial charge in [0, 0.05) is 38.2 Å². The second-order valence-corrected chi connectivity index (χ2v) is 14.5. The van der Waals surface area contributed by atoms with Crippen molar-refractivity contribution in [3.63, 3.8) is 0 Å². The number of nitrogens with zero attached hydrogens (tertiary/aromatic N) is 4. The summed E-state index contributed by atoms with van der Waals surface area (Å²) in [4.78, 5) is 10.6. The third-order valence-corrected chi connectivity index (χ3v) is 11.0. The van der Waals surface area contributed by atoms with Gasteiger partial charge in [0.1, 0.15) is 0 Å². The first-order valence-electron chi connectivity index (χ1n) is 17.5. The molecular formula is C44H35BN4O2. The monoisotopic (exact) mass is 662 g/mol. The number of aromatic nitrogens is 4. The summed E-state index contributed by atoms with van der Waals surface area (Å²) in [6.45, 7) is 8.35. The van der Waals surface area contributed by atoms with Gasteiger partial charge in [0.15, 0.2) is 0 Å². The van der Waals surface area contributed by atoms with E-state index in [0.29, 0.717) is 5.95 Å². The minimum Gasteiger partial charge on any atom is -0.399 e. The summed E-state index contributed by atoms with van der Waals surface area (Å²) in [5, 5.41) is 5.65. The Bertz CT molecular complexity index is 2820. The summed E-state index contributed by atoms with van der Waals surface area (Å²) in [5.41, 5.74) is 8.41. The molecule has 0 aliphatic carbocycles. The molecule has 6 aromatic carbocycles. The third-order valence-electron chi connectivity index (χ3n) is 11.0. The van der Waals surface area contributed by atoms with Gasteiger partial charge in [-0.25, -0.2) is 9.97 Å². The summed E-state index contributed by atoms with van der Waals surface area (Å²) in [7, 11) is -0.483. The van der Waals surface area contributed by atoms with Crippen LogP contribution in [0.15, 0.2) is 140 Å². The zero-order chi connectivity index (χ0) is 34.5. The first-order valence-corrected chi connectivity index (χ1v) is 17.5. The molecule has 0 bridgehead atoms. The van der Waals surface area contributed by atoms with E-state index in [2.05, 4.69) is 170 Å². The maximum Gasteiger partial charge on any atom is 0.494 e. The van der Waals surface area contributed by atoms with Crippen LogP contribution in [0.5, 0.6) is 0 Å². The van der Waals surface area contributed by atoms with E-state index in [-0.39, 0.29) is 0 Å². The summed E-state index contributed by atoms with van der Waals surface area (Å²) < 4.78 is 17.5. The minimum absolute atomic E-state index is 0.440. The Kier molecular flexibility index (Phi) is 6.42. The fraction of sp³-hybridized carbons (Fsp3) is 0.136. The smallest absolute Gasteiger partial charge is 0.399 e. The van der Waals surface area contributed by atoms with Crippen molar-refractivity contribution in [3.05, 3.63) is 140 Å². The fourth-order valence-corrected chi connectivity index (χ4v) is 7.69. The molecule has 0 radical (unpaired) electrons. The van der Waals surface area contributed by atoms with Crippen LogP contribution in [0.25, 0.3) is 77.4 Å². The number of benzene rings is 6. The van der Waals surface area contributed by atoms with Crippen LogP contribution in [-0.4, -0.2) is 37.4 Å². The second kappa shape index (κ2) is 10.9. The molecule has 0 spiro atoms. The SMILES string of the molecule is CC1(C)OB(c2ccc3c4ccccc4n(-c4nc(-c5ccc6c(c5)c5ccccc5n6-c5ccccc5)c5ccccc5n4)c3c2)OC1(C)C. The summed E-state index contributed by atoms with van der Waals surface area (Å²) in [6.07, 6.45) is 0. The average molecular weight is 663 g/mol. The predicted molar refractivity (Wildman–Crippen MR) is 209 cm³/mol. The fourth-order valence-electron chi connectivity index (χ4n) is 7.69. The molecule has 7 heteroatoms. The van der Waals surface area contributed by atoms with E-state index in [1.165, 1.54) is 16.3 Å². The Morgan fingerprint density at radius 1 is 0.490 bits per heavy atom. The van der Waals surface area contributed by atoms with E-state index >= 15 is 0 Å². The van der Waals surface area contributed by atoms with E-state index in [1.54, 1.807) is 0 Å². The van der Waals surface area contributed by atoms with Crippen molar-refractivity contribution in [3.8, 4) is 22.9 Å².